The molecule has 1 rings (SSSR count). The van der Waals surface area contributed by atoms with Crippen LogP contribution in [0.15, 0.2) is 24.3 Å². The minimum atomic E-state index is -1.80. The Hall–Kier alpha value is -0.823. The number of hydrogen-bond acceptors (Lipinski definition) is 2. The van der Waals surface area contributed by atoms with E-state index in [-0.39, 0.29) is 0 Å². The third-order valence-electron chi connectivity index (χ3n) is 2.11. The van der Waals surface area contributed by atoms with Gasteiger partial charge in [0.25, 0.3) is 0 Å². The van der Waals surface area contributed by atoms with E-state index >= 15 is 0 Å². The van der Waals surface area contributed by atoms with E-state index < -0.39 is 13.9 Å². The summed E-state index contributed by atoms with van der Waals surface area (Å²) >= 11 is 6.10. The Morgan fingerprint density at radius 1 is 1.31 bits per heavy atom. The summed E-state index contributed by atoms with van der Waals surface area (Å²) in [6.45, 7) is 7.94. The van der Waals surface area contributed by atoms with E-state index in [1.165, 1.54) is 0 Å². The Labute approximate surface area is 103 Å². The number of nitriles is 1. The van der Waals surface area contributed by atoms with Gasteiger partial charge in [0.05, 0.1) is 0 Å². The third-order valence-corrected chi connectivity index (χ3v) is 3.46. The van der Waals surface area contributed by atoms with E-state index in [9.17, 15) is 5.26 Å². The predicted octanol–water partition coefficient (Wildman–Crippen LogP) is 3.93. The molecule has 86 valence electrons. The molecule has 0 saturated carbocycles. The van der Waals surface area contributed by atoms with Crippen LogP contribution in [-0.2, 0) is 10.0 Å². The van der Waals surface area contributed by atoms with Crippen molar-refractivity contribution >= 4 is 19.9 Å². The largest absolute Gasteiger partial charge is 0.397 e. The molecule has 0 bridgehead atoms. The van der Waals surface area contributed by atoms with Gasteiger partial charge in [-0.25, -0.2) is 0 Å². The Kier molecular flexibility index (Phi) is 3.79. The Bertz CT molecular complexity index is 422. The number of halogens is 1. The standard InChI is InChI=1S/C12H16ClNOSi/c1-12(9-14,15-16(2,3)4)10-7-5-6-8-11(10)13/h5-8H,1-4H3/t12-/m1/s1. The van der Waals surface area contributed by atoms with Crippen LogP contribution in [0.2, 0.25) is 24.7 Å². The first kappa shape index (κ1) is 13.2. The molecule has 0 fully saturated rings. The molecular weight excluding hydrogens is 238 g/mol. The topological polar surface area (TPSA) is 33.0 Å². The molecule has 0 aromatic heterocycles. The SMILES string of the molecule is C[C@](C#N)(O[Si](C)(C)C)c1ccccc1Cl. The summed E-state index contributed by atoms with van der Waals surface area (Å²) in [4.78, 5) is 0. The molecule has 0 saturated heterocycles. The zero-order valence-electron chi connectivity index (χ0n) is 10.0. The van der Waals surface area contributed by atoms with Crippen LogP contribution >= 0.6 is 11.6 Å². The summed E-state index contributed by atoms with van der Waals surface area (Å²) < 4.78 is 5.93. The molecule has 0 aliphatic rings. The summed E-state index contributed by atoms with van der Waals surface area (Å²) in [6.07, 6.45) is 0. The molecule has 1 atom stereocenters. The minimum absolute atomic E-state index is 0.574. The molecular formula is C12H16ClNOSi. The summed E-state index contributed by atoms with van der Waals surface area (Å²) in [5.74, 6) is 0. The molecule has 0 N–H and O–H groups in total. The Balaban J connectivity index is 3.17. The average molecular weight is 254 g/mol. The van der Waals surface area contributed by atoms with Gasteiger partial charge in [-0.2, -0.15) is 5.26 Å². The van der Waals surface area contributed by atoms with Gasteiger partial charge in [0, 0.05) is 10.6 Å². The summed E-state index contributed by atoms with van der Waals surface area (Å²) in [5.41, 5.74) is -0.218. The first-order chi connectivity index (χ1) is 7.28. The molecule has 1 aromatic rings. The van der Waals surface area contributed by atoms with E-state index in [1.54, 1.807) is 13.0 Å². The van der Waals surface area contributed by atoms with Gasteiger partial charge < -0.3 is 4.43 Å². The molecule has 2 nitrogen and oxygen atoms in total. The lowest BCUT2D eigenvalue weighted by Gasteiger charge is -2.31. The number of hydrogen-bond donors (Lipinski definition) is 0. The van der Waals surface area contributed by atoms with Crippen molar-refractivity contribution in [1.29, 1.82) is 5.26 Å². The molecule has 16 heavy (non-hydrogen) atoms. The first-order valence-corrected chi connectivity index (χ1v) is 8.93. The second kappa shape index (κ2) is 4.58. The highest BCUT2D eigenvalue weighted by Crippen LogP contribution is 2.33. The van der Waals surface area contributed by atoms with Crippen molar-refractivity contribution in [1.82, 2.24) is 0 Å². The molecule has 1 aromatic carbocycles. The van der Waals surface area contributed by atoms with Crippen molar-refractivity contribution < 1.29 is 4.43 Å². The summed E-state index contributed by atoms with van der Waals surface area (Å²) in [6, 6.07) is 9.55. The lowest BCUT2D eigenvalue weighted by Crippen LogP contribution is -2.37. The van der Waals surface area contributed by atoms with E-state index in [4.69, 9.17) is 16.0 Å². The second-order valence-corrected chi connectivity index (χ2v) is 9.68. The van der Waals surface area contributed by atoms with E-state index in [0.717, 1.165) is 5.56 Å². The molecule has 4 heteroatoms. The zero-order chi connectivity index (χ0) is 12.4. The average Bonchev–Trinajstić information content (AvgIpc) is 2.15. The van der Waals surface area contributed by atoms with Crippen molar-refractivity contribution in [2.75, 3.05) is 0 Å². The van der Waals surface area contributed by atoms with Crippen LogP contribution in [0.5, 0.6) is 0 Å². The van der Waals surface area contributed by atoms with Crippen LogP contribution in [0.4, 0.5) is 0 Å². The smallest absolute Gasteiger partial charge is 0.186 e. The van der Waals surface area contributed by atoms with Crippen LogP contribution in [-0.4, -0.2) is 8.32 Å². The fraction of sp³-hybridized carbons (Fsp3) is 0.417. The molecule has 0 spiro atoms. The van der Waals surface area contributed by atoms with Crippen LogP contribution in [0.3, 0.4) is 0 Å². The summed E-state index contributed by atoms with van der Waals surface area (Å²) in [7, 11) is -1.80. The van der Waals surface area contributed by atoms with Gasteiger partial charge in [0.2, 0.25) is 0 Å². The molecule has 0 heterocycles. The van der Waals surface area contributed by atoms with Crippen LogP contribution < -0.4 is 0 Å². The zero-order valence-corrected chi connectivity index (χ0v) is 11.8. The van der Waals surface area contributed by atoms with Crippen LogP contribution in [0, 0.1) is 11.3 Å². The molecule has 0 aliphatic heterocycles. The minimum Gasteiger partial charge on any atom is -0.397 e. The summed E-state index contributed by atoms with van der Waals surface area (Å²) in [5, 5.41) is 9.89. The highest BCUT2D eigenvalue weighted by atomic mass is 35.5. The van der Waals surface area contributed by atoms with Crippen molar-refractivity contribution in [2.24, 2.45) is 0 Å². The third kappa shape index (κ3) is 3.08. The Morgan fingerprint density at radius 3 is 2.31 bits per heavy atom. The predicted molar refractivity (Wildman–Crippen MR) is 68.8 cm³/mol. The van der Waals surface area contributed by atoms with Gasteiger partial charge in [0.15, 0.2) is 13.9 Å². The van der Waals surface area contributed by atoms with Crippen molar-refractivity contribution in [3.63, 3.8) is 0 Å². The van der Waals surface area contributed by atoms with E-state index in [1.807, 2.05) is 18.2 Å². The van der Waals surface area contributed by atoms with Gasteiger partial charge in [-0.1, -0.05) is 29.8 Å². The maximum Gasteiger partial charge on any atom is 0.186 e. The second-order valence-electron chi connectivity index (χ2n) is 4.84. The fourth-order valence-electron chi connectivity index (χ4n) is 1.60. The molecule has 0 amide bonds. The van der Waals surface area contributed by atoms with Crippen molar-refractivity contribution in [2.45, 2.75) is 32.2 Å². The quantitative estimate of drug-likeness (QED) is 0.765. The molecule has 0 aliphatic carbocycles. The highest BCUT2D eigenvalue weighted by molar-refractivity contribution is 6.69. The van der Waals surface area contributed by atoms with Gasteiger partial charge >= 0.3 is 0 Å². The maximum absolute atomic E-state index is 9.32. The monoisotopic (exact) mass is 253 g/mol. The van der Waals surface area contributed by atoms with Gasteiger partial charge in [-0.15, -0.1) is 0 Å². The van der Waals surface area contributed by atoms with Gasteiger partial charge in [-0.05, 0) is 32.6 Å². The maximum atomic E-state index is 9.32. The Morgan fingerprint density at radius 2 is 1.88 bits per heavy atom. The lowest BCUT2D eigenvalue weighted by atomic mass is 9.98. The number of benzene rings is 1. The first-order valence-electron chi connectivity index (χ1n) is 5.15. The van der Waals surface area contributed by atoms with Gasteiger partial charge in [0.1, 0.15) is 6.07 Å². The number of rotatable bonds is 3. The molecule has 0 unspecified atom stereocenters. The van der Waals surface area contributed by atoms with Crippen LogP contribution in [0.25, 0.3) is 0 Å². The van der Waals surface area contributed by atoms with E-state index in [2.05, 4.69) is 25.7 Å². The van der Waals surface area contributed by atoms with Crippen LogP contribution in [0.1, 0.15) is 12.5 Å². The lowest BCUT2D eigenvalue weighted by molar-refractivity contribution is 0.141. The van der Waals surface area contributed by atoms with E-state index in [0.29, 0.717) is 5.02 Å². The van der Waals surface area contributed by atoms with Crippen molar-refractivity contribution in [3.8, 4) is 6.07 Å². The normalized spacial score (nSPS) is 15.2. The highest BCUT2D eigenvalue weighted by Gasteiger charge is 2.34. The molecule has 0 radical (unpaired) electrons. The van der Waals surface area contributed by atoms with Crippen molar-refractivity contribution in [3.05, 3.63) is 34.9 Å². The fourth-order valence-corrected chi connectivity index (χ4v) is 3.29. The number of nitrogens with zero attached hydrogens (tertiary/aromatic N) is 1. The van der Waals surface area contributed by atoms with Gasteiger partial charge in [-0.3, -0.25) is 0 Å².